The number of hydrogen-bond acceptors (Lipinski definition) is 4. The SMILES string of the molecule is COCCN(CC(=O)Nc1cc(-c2ccccc2)nn1-c1ccc(F)cc1)C(=O)Nc1ccc(C(F)(F)F)cc1. The van der Waals surface area contributed by atoms with Gasteiger partial charge in [0.25, 0.3) is 0 Å². The lowest BCUT2D eigenvalue weighted by Gasteiger charge is -2.22. The molecule has 0 radical (unpaired) electrons. The van der Waals surface area contributed by atoms with Crippen molar-refractivity contribution in [3.05, 3.63) is 96.3 Å². The second kappa shape index (κ2) is 12.4. The molecule has 0 atom stereocenters. The number of nitrogens with zero attached hydrogens (tertiary/aromatic N) is 3. The van der Waals surface area contributed by atoms with Gasteiger partial charge in [-0.2, -0.15) is 18.3 Å². The van der Waals surface area contributed by atoms with Gasteiger partial charge in [-0.1, -0.05) is 30.3 Å². The summed E-state index contributed by atoms with van der Waals surface area (Å²) in [6, 6.07) is 19.7. The van der Waals surface area contributed by atoms with E-state index >= 15 is 0 Å². The number of benzene rings is 3. The number of carbonyl (C=O) groups is 2. The Hall–Kier alpha value is -4.71. The van der Waals surface area contributed by atoms with Gasteiger partial charge in [-0.05, 0) is 48.5 Å². The van der Waals surface area contributed by atoms with E-state index in [4.69, 9.17) is 4.74 Å². The molecule has 0 bridgehead atoms. The van der Waals surface area contributed by atoms with Crippen LogP contribution in [0.3, 0.4) is 0 Å². The third-order valence-corrected chi connectivity index (χ3v) is 5.77. The van der Waals surface area contributed by atoms with Crippen LogP contribution in [0.2, 0.25) is 0 Å². The number of hydrogen-bond donors (Lipinski definition) is 2. The Morgan fingerprint density at radius 3 is 2.25 bits per heavy atom. The molecule has 4 rings (SSSR count). The molecule has 1 heterocycles. The van der Waals surface area contributed by atoms with Gasteiger partial charge in [0.1, 0.15) is 18.2 Å². The van der Waals surface area contributed by atoms with Gasteiger partial charge in [0.2, 0.25) is 5.91 Å². The Balaban J connectivity index is 1.52. The van der Waals surface area contributed by atoms with Gasteiger partial charge < -0.3 is 20.3 Å². The molecule has 0 aliphatic carbocycles. The van der Waals surface area contributed by atoms with Crippen molar-refractivity contribution in [1.29, 1.82) is 0 Å². The minimum atomic E-state index is -4.51. The molecule has 0 fully saturated rings. The fourth-order valence-electron chi connectivity index (χ4n) is 3.75. The molecule has 4 aromatic rings. The Bertz CT molecular complexity index is 1440. The Morgan fingerprint density at radius 2 is 1.62 bits per heavy atom. The average molecular weight is 556 g/mol. The van der Waals surface area contributed by atoms with Crippen LogP contribution in [0.1, 0.15) is 5.56 Å². The predicted octanol–water partition coefficient (Wildman–Crippen LogP) is 5.82. The first-order chi connectivity index (χ1) is 19.1. The number of rotatable bonds is 9. The topological polar surface area (TPSA) is 88.5 Å². The van der Waals surface area contributed by atoms with Crippen molar-refractivity contribution in [3.63, 3.8) is 0 Å². The summed E-state index contributed by atoms with van der Waals surface area (Å²) in [5, 5.41) is 9.81. The Labute approximate surface area is 227 Å². The molecule has 0 saturated carbocycles. The Kier molecular flexibility index (Phi) is 8.80. The highest BCUT2D eigenvalue weighted by atomic mass is 19.4. The van der Waals surface area contributed by atoms with Gasteiger partial charge in [-0.25, -0.2) is 13.9 Å². The van der Waals surface area contributed by atoms with Crippen LogP contribution in [-0.4, -0.2) is 53.4 Å². The second-order valence-corrected chi connectivity index (χ2v) is 8.64. The van der Waals surface area contributed by atoms with E-state index in [1.807, 2.05) is 30.3 Å². The normalized spacial score (nSPS) is 11.2. The second-order valence-electron chi connectivity index (χ2n) is 8.64. The molecule has 0 unspecified atom stereocenters. The lowest BCUT2D eigenvalue weighted by molar-refractivity contribution is -0.137. The van der Waals surface area contributed by atoms with Crippen molar-refractivity contribution in [1.82, 2.24) is 14.7 Å². The fraction of sp³-hybridized carbons (Fsp3) is 0.179. The number of methoxy groups -OCH3 is 1. The highest BCUT2D eigenvalue weighted by Gasteiger charge is 2.30. The first-order valence-electron chi connectivity index (χ1n) is 12.1. The van der Waals surface area contributed by atoms with Gasteiger partial charge in [-0.15, -0.1) is 0 Å². The molecule has 208 valence electrons. The number of carbonyl (C=O) groups excluding carboxylic acids is 2. The number of aromatic nitrogens is 2. The minimum Gasteiger partial charge on any atom is -0.383 e. The lowest BCUT2D eigenvalue weighted by Crippen LogP contribution is -2.42. The monoisotopic (exact) mass is 555 g/mol. The molecule has 8 nitrogen and oxygen atoms in total. The minimum absolute atomic E-state index is 0.0306. The third kappa shape index (κ3) is 7.23. The first kappa shape index (κ1) is 28.3. The van der Waals surface area contributed by atoms with E-state index in [2.05, 4.69) is 15.7 Å². The quantitative estimate of drug-likeness (QED) is 0.255. The standard InChI is InChI=1S/C28H25F4N5O3/c1-40-16-15-36(27(39)33-22-11-7-20(8-12-22)28(30,31)32)18-26(38)34-25-17-24(19-5-3-2-4-6-19)35-37(25)23-13-9-21(29)10-14-23/h2-14,17H,15-16,18H2,1H3,(H,33,39)(H,34,38). The number of amides is 3. The maximum absolute atomic E-state index is 13.5. The van der Waals surface area contributed by atoms with Gasteiger partial charge >= 0.3 is 12.2 Å². The smallest absolute Gasteiger partial charge is 0.383 e. The molecular formula is C28H25F4N5O3. The van der Waals surface area contributed by atoms with E-state index in [1.165, 1.54) is 36.1 Å². The van der Waals surface area contributed by atoms with Crippen molar-refractivity contribution in [2.75, 3.05) is 37.4 Å². The van der Waals surface area contributed by atoms with Crippen LogP contribution in [0.5, 0.6) is 0 Å². The summed E-state index contributed by atoms with van der Waals surface area (Å²) < 4.78 is 58.6. The summed E-state index contributed by atoms with van der Waals surface area (Å²) >= 11 is 0. The molecule has 0 aliphatic heterocycles. The molecule has 0 spiro atoms. The summed E-state index contributed by atoms with van der Waals surface area (Å²) in [7, 11) is 1.43. The number of urea groups is 1. The van der Waals surface area contributed by atoms with E-state index in [0.29, 0.717) is 11.4 Å². The molecule has 3 aromatic carbocycles. The molecule has 12 heteroatoms. The van der Waals surface area contributed by atoms with Crippen molar-refractivity contribution in [2.24, 2.45) is 0 Å². The van der Waals surface area contributed by atoms with E-state index in [1.54, 1.807) is 6.07 Å². The van der Waals surface area contributed by atoms with Crippen LogP contribution in [0.15, 0.2) is 84.9 Å². The van der Waals surface area contributed by atoms with Gasteiger partial charge in [0, 0.05) is 31.0 Å². The average Bonchev–Trinajstić information content (AvgIpc) is 3.35. The maximum atomic E-state index is 13.5. The van der Waals surface area contributed by atoms with Crippen LogP contribution < -0.4 is 10.6 Å². The van der Waals surface area contributed by atoms with E-state index < -0.39 is 36.0 Å². The number of anilines is 2. The third-order valence-electron chi connectivity index (χ3n) is 5.77. The molecule has 0 aliphatic rings. The first-order valence-corrected chi connectivity index (χ1v) is 12.1. The number of halogens is 4. The molecular weight excluding hydrogens is 530 g/mol. The van der Waals surface area contributed by atoms with Crippen molar-refractivity contribution < 1.29 is 31.9 Å². The number of ether oxygens (including phenoxy) is 1. The van der Waals surface area contributed by atoms with Crippen LogP contribution in [0.4, 0.5) is 33.9 Å². The maximum Gasteiger partial charge on any atom is 0.416 e. The largest absolute Gasteiger partial charge is 0.416 e. The predicted molar refractivity (Wildman–Crippen MR) is 141 cm³/mol. The molecule has 40 heavy (non-hydrogen) atoms. The van der Waals surface area contributed by atoms with E-state index in [-0.39, 0.29) is 24.7 Å². The van der Waals surface area contributed by atoms with E-state index in [0.717, 1.165) is 34.7 Å². The van der Waals surface area contributed by atoms with Crippen LogP contribution in [0, 0.1) is 5.82 Å². The molecule has 2 N–H and O–H groups in total. The summed E-state index contributed by atoms with van der Waals surface area (Å²) in [5.41, 5.74) is 1.11. The van der Waals surface area contributed by atoms with Crippen LogP contribution in [-0.2, 0) is 15.7 Å². The fourth-order valence-corrected chi connectivity index (χ4v) is 3.75. The summed E-state index contributed by atoms with van der Waals surface area (Å²) in [5.74, 6) is -0.718. The van der Waals surface area contributed by atoms with Crippen LogP contribution in [0.25, 0.3) is 16.9 Å². The highest BCUT2D eigenvalue weighted by molar-refractivity contribution is 5.97. The van der Waals surface area contributed by atoms with Gasteiger partial charge in [-0.3, -0.25) is 4.79 Å². The van der Waals surface area contributed by atoms with Gasteiger partial charge in [0.05, 0.1) is 23.6 Å². The highest BCUT2D eigenvalue weighted by Crippen LogP contribution is 2.30. The number of nitrogens with one attached hydrogen (secondary N) is 2. The summed E-state index contributed by atoms with van der Waals surface area (Å²) in [4.78, 5) is 27.1. The Morgan fingerprint density at radius 1 is 0.950 bits per heavy atom. The molecule has 1 aromatic heterocycles. The number of alkyl halides is 3. The lowest BCUT2D eigenvalue weighted by atomic mass is 10.1. The zero-order valence-electron chi connectivity index (χ0n) is 21.3. The van der Waals surface area contributed by atoms with Gasteiger partial charge in [0.15, 0.2) is 0 Å². The van der Waals surface area contributed by atoms with Crippen molar-refractivity contribution in [3.8, 4) is 16.9 Å². The zero-order chi connectivity index (χ0) is 28.7. The summed E-state index contributed by atoms with van der Waals surface area (Å²) in [6.07, 6.45) is -4.51. The molecule has 0 saturated heterocycles. The van der Waals surface area contributed by atoms with Crippen LogP contribution >= 0.6 is 0 Å². The zero-order valence-corrected chi connectivity index (χ0v) is 21.3. The van der Waals surface area contributed by atoms with E-state index in [9.17, 15) is 27.2 Å². The summed E-state index contributed by atoms with van der Waals surface area (Å²) in [6.45, 7) is -0.257. The van der Waals surface area contributed by atoms with Crippen molar-refractivity contribution in [2.45, 2.75) is 6.18 Å². The molecule has 3 amide bonds. The van der Waals surface area contributed by atoms with Crippen molar-refractivity contribution >= 4 is 23.4 Å².